The Balaban J connectivity index is 1.69. The first kappa shape index (κ1) is 16.0. The van der Waals surface area contributed by atoms with Gasteiger partial charge in [0.2, 0.25) is 11.9 Å². The second kappa shape index (κ2) is 6.70. The zero-order chi connectivity index (χ0) is 16.4. The lowest BCUT2D eigenvalue weighted by Crippen LogP contribution is -2.51. The molecule has 2 aliphatic rings. The van der Waals surface area contributed by atoms with Gasteiger partial charge in [-0.25, -0.2) is 4.98 Å². The number of carbonyl (C=O) groups excluding carboxylic acids is 1. The number of hydrogen-bond donors (Lipinski definition) is 2. The van der Waals surface area contributed by atoms with Crippen molar-refractivity contribution in [3.8, 4) is 0 Å². The Labute approximate surface area is 137 Å². The number of nitrogen functional groups attached to an aromatic ring is 1. The fraction of sp³-hybridized carbons (Fsp3) is 0.688. The molecule has 0 bridgehead atoms. The van der Waals surface area contributed by atoms with Gasteiger partial charge in [0.15, 0.2) is 0 Å². The summed E-state index contributed by atoms with van der Waals surface area (Å²) >= 11 is 0. The van der Waals surface area contributed by atoms with Crippen molar-refractivity contribution in [2.75, 3.05) is 36.8 Å². The lowest BCUT2D eigenvalue weighted by Gasteiger charge is -2.36. The normalized spacial score (nSPS) is 24.7. The van der Waals surface area contributed by atoms with Crippen molar-refractivity contribution >= 4 is 17.7 Å². The van der Waals surface area contributed by atoms with Crippen molar-refractivity contribution in [2.45, 2.75) is 44.6 Å². The largest absolute Gasteiger partial charge is 0.368 e. The van der Waals surface area contributed by atoms with E-state index in [1.54, 1.807) is 0 Å². The highest BCUT2D eigenvalue weighted by Crippen LogP contribution is 2.35. The van der Waals surface area contributed by atoms with E-state index in [4.69, 9.17) is 11.5 Å². The van der Waals surface area contributed by atoms with Crippen molar-refractivity contribution in [3.05, 3.63) is 11.8 Å². The van der Waals surface area contributed by atoms with Gasteiger partial charge >= 0.3 is 0 Å². The second-order valence-corrected chi connectivity index (χ2v) is 6.59. The molecule has 2 heterocycles. The fourth-order valence-electron chi connectivity index (χ4n) is 3.24. The molecule has 1 aliphatic carbocycles. The van der Waals surface area contributed by atoms with Gasteiger partial charge < -0.3 is 21.3 Å². The number of nitrogens with zero attached hydrogens (tertiary/aromatic N) is 4. The van der Waals surface area contributed by atoms with Crippen molar-refractivity contribution in [3.63, 3.8) is 0 Å². The maximum absolute atomic E-state index is 12.3. The van der Waals surface area contributed by atoms with E-state index in [2.05, 4.69) is 16.9 Å². The van der Waals surface area contributed by atoms with Crippen molar-refractivity contribution in [1.82, 2.24) is 14.9 Å². The van der Waals surface area contributed by atoms with E-state index >= 15 is 0 Å². The topological polar surface area (TPSA) is 101 Å². The van der Waals surface area contributed by atoms with E-state index in [0.29, 0.717) is 12.5 Å². The number of anilines is 2. The molecule has 23 heavy (non-hydrogen) atoms. The number of nitrogens with two attached hydrogens (primary N) is 2. The summed E-state index contributed by atoms with van der Waals surface area (Å²) < 4.78 is 0. The highest BCUT2D eigenvalue weighted by molar-refractivity contribution is 5.82. The predicted molar refractivity (Wildman–Crippen MR) is 90.1 cm³/mol. The Bertz CT molecular complexity index is 572. The van der Waals surface area contributed by atoms with Crippen LogP contribution in [0.25, 0.3) is 0 Å². The molecule has 4 N–H and O–H groups in total. The first-order chi connectivity index (χ1) is 11.1. The summed E-state index contributed by atoms with van der Waals surface area (Å²) in [5.74, 6) is 1.57. The minimum atomic E-state index is 0.161. The van der Waals surface area contributed by atoms with Crippen molar-refractivity contribution < 1.29 is 4.79 Å². The summed E-state index contributed by atoms with van der Waals surface area (Å²) in [5, 5.41) is 0. The van der Waals surface area contributed by atoms with E-state index in [9.17, 15) is 4.79 Å². The van der Waals surface area contributed by atoms with E-state index < -0.39 is 0 Å². The van der Waals surface area contributed by atoms with E-state index in [-0.39, 0.29) is 17.9 Å². The molecule has 2 fully saturated rings. The number of rotatable bonds is 5. The maximum Gasteiger partial charge on any atom is 0.242 e. The van der Waals surface area contributed by atoms with Gasteiger partial charge in [-0.1, -0.05) is 13.3 Å². The summed E-state index contributed by atoms with van der Waals surface area (Å²) in [7, 11) is 0. The van der Waals surface area contributed by atoms with E-state index in [1.807, 2.05) is 15.9 Å². The molecule has 7 nitrogen and oxygen atoms in total. The van der Waals surface area contributed by atoms with Crippen LogP contribution in [0.15, 0.2) is 6.07 Å². The Morgan fingerprint density at radius 3 is 2.74 bits per heavy atom. The van der Waals surface area contributed by atoms with Crippen LogP contribution in [0.2, 0.25) is 0 Å². The van der Waals surface area contributed by atoms with Crippen LogP contribution in [0.4, 0.5) is 11.8 Å². The summed E-state index contributed by atoms with van der Waals surface area (Å²) in [6.07, 6.45) is 4.04. The van der Waals surface area contributed by atoms with Crippen molar-refractivity contribution in [2.24, 2.45) is 5.73 Å². The molecule has 0 atom stereocenters. The molecule has 1 aromatic rings. The summed E-state index contributed by atoms with van der Waals surface area (Å²) in [5.41, 5.74) is 12.7. The average molecular weight is 318 g/mol. The van der Waals surface area contributed by atoms with Crippen LogP contribution in [-0.2, 0) is 4.79 Å². The number of hydrogen-bond acceptors (Lipinski definition) is 6. The third-order valence-corrected chi connectivity index (χ3v) is 4.77. The third-order valence-electron chi connectivity index (χ3n) is 4.77. The SMILES string of the molecule is CCCCN1CCN(c2cc(C3CC(N)C3)nc(N)n2)CC1=O. The molecule has 7 heteroatoms. The lowest BCUT2D eigenvalue weighted by atomic mass is 9.78. The number of amides is 1. The quantitative estimate of drug-likeness (QED) is 0.829. The smallest absolute Gasteiger partial charge is 0.242 e. The molecule has 0 aromatic carbocycles. The Kier molecular flexibility index (Phi) is 4.66. The molecule has 1 saturated carbocycles. The summed E-state index contributed by atoms with van der Waals surface area (Å²) in [4.78, 5) is 24.9. The molecule has 1 amide bonds. The van der Waals surface area contributed by atoms with Gasteiger partial charge in [-0.3, -0.25) is 4.79 Å². The second-order valence-electron chi connectivity index (χ2n) is 6.59. The first-order valence-electron chi connectivity index (χ1n) is 8.49. The predicted octanol–water partition coefficient (Wildman–Crippen LogP) is 0.712. The Hall–Kier alpha value is -1.89. The maximum atomic E-state index is 12.3. The Morgan fingerprint density at radius 2 is 2.09 bits per heavy atom. The lowest BCUT2D eigenvalue weighted by molar-refractivity contribution is -0.131. The molecule has 3 rings (SSSR count). The van der Waals surface area contributed by atoms with Crippen LogP contribution in [0.5, 0.6) is 0 Å². The number of carbonyl (C=O) groups is 1. The van der Waals surface area contributed by atoms with Gasteiger partial charge in [0.05, 0.1) is 12.2 Å². The molecule has 0 radical (unpaired) electrons. The third kappa shape index (κ3) is 3.55. The highest BCUT2D eigenvalue weighted by atomic mass is 16.2. The number of unbranched alkanes of at least 4 members (excludes halogenated alkanes) is 1. The zero-order valence-corrected chi connectivity index (χ0v) is 13.7. The van der Waals surface area contributed by atoms with Gasteiger partial charge in [0, 0.05) is 37.7 Å². The van der Waals surface area contributed by atoms with Gasteiger partial charge in [-0.05, 0) is 19.3 Å². The molecular weight excluding hydrogens is 292 g/mol. The standard InChI is InChI=1S/C16H26N6O/c1-2-3-4-21-5-6-22(10-15(21)23)14-9-13(19-16(18)20-14)11-7-12(17)8-11/h9,11-12H,2-8,10,17H2,1H3,(H2,18,19,20). The van der Waals surface area contributed by atoms with Gasteiger partial charge in [0.1, 0.15) is 5.82 Å². The molecular formula is C16H26N6O. The number of piperazine rings is 1. The van der Waals surface area contributed by atoms with Crippen molar-refractivity contribution in [1.29, 1.82) is 0 Å². The zero-order valence-electron chi connectivity index (χ0n) is 13.7. The van der Waals surface area contributed by atoms with Crippen LogP contribution in [0.3, 0.4) is 0 Å². The minimum Gasteiger partial charge on any atom is -0.368 e. The van der Waals surface area contributed by atoms with Crippen LogP contribution in [-0.4, -0.2) is 53.0 Å². The minimum absolute atomic E-state index is 0.161. The molecule has 126 valence electrons. The van der Waals surface area contributed by atoms with Gasteiger partial charge in [0.25, 0.3) is 0 Å². The van der Waals surface area contributed by atoms with Crippen LogP contribution in [0.1, 0.15) is 44.2 Å². The molecule has 1 aliphatic heterocycles. The first-order valence-corrected chi connectivity index (χ1v) is 8.49. The van der Waals surface area contributed by atoms with Gasteiger partial charge in [-0.15, -0.1) is 0 Å². The summed E-state index contributed by atoms with van der Waals surface area (Å²) in [6, 6.07) is 2.24. The molecule has 0 unspecified atom stereocenters. The van der Waals surface area contributed by atoms with E-state index in [1.165, 1.54) is 0 Å². The molecule has 0 spiro atoms. The monoisotopic (exact) mass is 318 g/mol. The van der Waals surface area contributed by atoms with Crippen LogP contribution >= 0.6 is 0 Å². The fourth-order valence-corrected chi connectivity index (χ4v) is 3.24. The average Bonchev–Trinajstić information content (AvgIpc) is 2.50. The Morgan fingerprint density at radius 1 is 1.30 bits per heavy atom. The number of aromatic nitrogens is 2. The van der Waals surface area contributed by atoms with Crippen LogP contribution in [0, 0.1) is 0 Å². The van der Waals surface area contributed by atoms with Crippen LogP contribution < -0.4 is 16.4 Å². The summed E-state index contributed by atoms with van der Waals surface area (Å²) in [6.45, 7) is 4.88. The molecule has 1 saturated heterocycles. The highest BCUT2D eigenvalue weighted by Gasteiger charge is 2.30. The van der Waals surface area contributed by atoms with E-state index in [0.717, 1.165) is 56.8 Å². The van der Waals surface area contributed by atoms with Gasteiger partial charge in [-0.2, -0.15) is 4.98 Å². The molecule has 1 aromatic heterocycles.